The fraction of sp³-hybridized carbons (Fsp3) is 0.250. The van der Waals surface area contributed by atoms with Gasteiger partial charge in [-0.15, -0.1) is 0 Å². The Labute approximate surface area is 137 Å². The van der Waals surface area contributed by atoms with Gasteiger partial charge in [-0.05, 0) is 38.2 Å². The van der Waals surface area contributed by atoms with E-state index < -0.39 is 32.2 Å². The predicted octanol–water partition coefficient (Wildman–Crippen LogP) is 1.36. The molecule has 12 heteroatoms. The summed E-state index contributed by atoms with van der Waals surface area (Å²) in [5, 5.41) is 5.65. The van der Waals surface area contributed by atoms with Gasteiger partial charge in [0.2, 0.25) is 10.0 Å². The van der Waals surface area contributed by atoms with Crippen LogP contribution < -0.4 is 9.44 Å². The molecule has 0 spiro atoms. The predicted molar refractivity (Wildman–Crippen MR) is 81.8 cm³/mol. The van der Waals surface area contributed by atoms with Gasteiger partial charge in [0.1, 0.15) is 0 Å². The Hall–Kier alpha value is -2.05. The smallest absolute Gasteiger partial charge is 0.280 e. The number of hydrogen-bond acceptors (Lipinski definition) is 5. The molecule has 3 N–H and O–H groups in total. The maximum atomic E-state index is 12.9. The van der Waals surface area contributed by atoms with Gasteiger partial charge in [-0.2, -0.15) is 5.10 Å². The van der Waals surface area contributed by atoms with E-state index in [-0.39, 0.29) is 21.2 Å². The normalized spacial score (nSPS) is 12.5. The van der Waals surface area contributed by atoms with E-state index in [0.29, 0.717) is 0 Å². The van der Waals surface area contributed by atoms with Crippen LogP contribution in [-0.2, 0) is 20.0 Å². The van der Waals surface area contributed by atoms with Crippen molar-refractivity contribution in [3.63, 3.8) is 0 Å². The molecule has 0 aliphatic rings. The first-order valence-electron chi connectivity index (χ1n) is 6.48. The lowest BCUT2D eigenvalue weighted by Crippen LogP contribution is -2.19. The highest BCUT2D eigenvalue weighted by Crippen LogP contribution is 2.29. The highest BCUT2D eigenvalue weighted by Gasteiger charge is 2.24. The average Bonchev–Trinajstić information content (AvgIpc) is 2.88. The zero-order valence-electron chi connectivity index (χ0n) is 12.5. The second-order valence-electron chi connectivity index (χ2n) is 4.69. The van der Waals surface area contributed by atoms with Crippen LogP contribution in [-0.4, -0.2) is 34.1 Å². The number of anilines is 1. The van der Waals surface area contributed by atoms with Crippen molar-refractivity contribution in [3.8, 4) is 0 Å². The number of nitrogens with one attached hydrogen (secondary N) is 3. The molecular formula is C12H14F2N4O4S2. The molecule has 2 aromatic rings. The summed E-state index contributed by atoms with van der Waals surface area (Å²) in [7, 11) is -6.69. The topological polar surface area (TPSA) is 121 Å². The largest absolute Gasteiger partial charge is 0.284 e. The summed E-state index contributed by atoms with van der Waals surface area (Å²) in [6.45, 7) is 1.39. The lowest BCUT2D eigenvalue weighted by molar-refractivity contribution is 0.147. The third-order valence-electron chi connectivity index (χ3n) is 3.13. The van der Waals surface area contributed by atoms with Gasteiger partial charge in [0.15, 0.2) is 5.69 Å². The van der Waals surface area contributed by atoms with Gasteiger partial charge >= 0.3 is 0 Å². The second kappa shape index (κ2) is 6.45. The zero-order valence-corrected chi connectivity index (χ0v) is 14.2. The van der Waals surface area contributed by atoms with Crippen LogP contribution in [0.15, 0.2) is 34.1 Å². The van der Waals surface area contributed by atoms with Gasteiger partial charge in [-0.25, -0.2) is 30.3 Å². The number of rotatable bonds is 6. The number of nitrogens with zero attached hydrogens (tertiary/aromatic N) is 1. The molecule has 0 unspecified atom stereocenters. The summed E-state index contributed by atoms with van der Waals surface area (Å²) in [5.41, 5.74) is -0.925. The highest BCUT2D eigenvalue weighted by molar-refractivity contribution is 7.92. The number of aromatic amines is 1. The maximum absolute atomic E-state index is 12.9. The third kappa shape index (κ3) is 3.55. The van der Waals surface area contributed by atoms with E-state index in [4.69, 9.17) is 0 Å². The summed E-state index contributed by atoms with van der Waals surface area (Å²) in [6.07, 6.45) is -2.96. The van der Waals surface area contributed by atoms with E-state index in [9.17, 15) is 25.6 Å². The van der Waals surface area contributed by atoms with Crippen molar-refractivity contribution in [2.24, 2.45) is 0 Å². The van der Waals surface area contributed by atoms with E-state index in [1.807, 2.05) is 4.72 Å². The number of aryl methyl sites for hydroxylation is 1. The minimum atomic E-state index is -4.19. The molecule has 1 aromatic carbocycles. The van der Waals surface area contributed by atoms with Crippen LogP contribution in [0, 0.1) is 6.92 Å². The van der Waals surface area contributed by atoms with Crippen LogP contribution in [0.2, 0.25) is 0 Å². The van der Waals surface area contributed by atoms with Crippen LogP contribution in [0.3, 0.4) is 0 Å². The number of hydrogen-bond donors (Lipinski definition) is 3. The molecule has 1 aromatic heterocycles. The summed E-state index contributed by atoms with van der Waals surface area (Å²) in [5.74, 6) is 0. The Kier molecular flexibility index (Phi) is 4.92. The molecule has 0 saturated heterocycles. The van der Waals surface area contributed by atoms with Gasteiger partial charge < -0.3 is 0 Å². The standard InChI is InChI=1S/C12H14F2N4O4S2/c1-7-10(11(12(13)14)17-16-7)18-24(21,22)9-5-3-8(4-6-9)23(19,20)15-2/h3-6,12,15,18H,1-2H3,(H,16,17). The van der Waals surface area contributed by atoms with E-state index in [1.54, 1.807) is 0 Å². The van der Waals surface area contributed by atoms with Crippen LogP contribution in [0.5, 0.6) is 0 Å². The fourth-order valence-corrected chi connectivity index (χ4v) is 3.71. The van der Waals surface area contributed by atoms with E-state index in [1.165, 1.54) is 14.0 Å². The molecule has 0 fully saturated rings. The van der Waals surface area contributed by atoms with Crippen molar-refractivity contribution in [1.29, 1.82) is 0 Å². The van der Waals surface area contributed by atoms with Gasteiger partial charge in [-0.1, -0.05) is 0 Å². The van der Waals surface area contributed by atoms with Crippen LogP contribution >= 0.6 is 0 Å². The molecule has 0 aliphatic carbocycles. The maximum Gasteiger partial charge on any atom is 0.284 e. The van der Waals surface area contributed by atoms with Crippen molar-refractivity contribution in [2.45, 2.75) is 23.1 Å². The van der Waals surface area contributed by atoms with Crippen molar-refractivity contribution < 1.29 is 25.6 Å². The molecule has 0 bridgehead atoms. The number of sulfonamides is 2. The highest BCUT2D eigenvalue weighted by atomic mass is 32.2. The summed E-state index contributed by atoms with van der Waals surface area (Å²) in [4.78, 5) is -0.407. The Bertz CT molecular complexity index is 938. The van der Waals surface area contributed by atoms with E-state index in [0.717, 1.165) is 24.3 Å². The Morgan fingerprint density at radius 1 is 1.04 bits per heavy atom. The van der Waals surface area contributed by atoms with Gasteiger partial charge in [0, 0.05) is 0 Å². The molecule has 132 valence electrons. The molecule has 8 nitrogen and oxygen atoms in total. The number of aromatic nitrogens is 2. The fourth-order valence-electron chi connectivity index (χ4n) is 1.84. The Morgan fingerprint density at radius 3 is 2.00 bits per heavy atom. The van der Waals surface area contributed by atoms with Gasteiger partial charge in [0.25, 0.3) is 16.4 Å². The minimum absolute atomic E-state index is 0.128. The molecule has 0 saturated carbocycles. The van der Waals surface area contributed by atoms with Crippen molar-refractivity contribution in [1.82, 2.24) is 14.9 Å². The van der Waals surface area contributed by atoms with Crippen molar-refractivity contribution in [2.75, 3.05) is 11.8 Å². The van der Waals surface area contributed by atoms with Crippen LogP contribution in [0.1, 0.15) is 17.8 Å². The summed E-state index contributed by atoms with van der Waals surface area (Å²) < 4.78 is 77.6. The van der Waals surface area contributed by atoms with Crippen molar-refractivity contribution >= 4 is 25.7 Å². The second-order valence-corrected chi connectivity index (χ2v) is 8.26. The molecule has 1 heterocycles. The first-order valence-corrected chi connectivity index (χ1v) is 9.44. The van der Waals surface area contributed by atoms with Gasteiger partial charge in [0.05, 0.1) is 21.2 Å². The third-order valence-corrected chi connectivity index (χ3v) is 5.93. The lowest BCUT2D eigenvalue weighted by atomic mass is 10.3. The molecule has 0 aliphatic heterocycles. The molecule has 0 radical (unpaired) electrons. The first-order chi connectivity index (χ1) is 11.1. The molecule has 0 amide bonds. The molecule has 2 rings (SSSR count). The number of halogens is 2. The number of benzene rings is 1. The average molecular weight is 380 g/mol. The molecule has 24 heavy (non-hydrogen) atoms. The van der Waals surface area contributed by atoms with Gasteiger partial charge in [-0.3, -0.25) is 9.82 Å². The summed E-state index contributed by atoms with van der Waals surface area (Å²) >= 11 is 0. The molecular weight excluding hydrogens is 366 g/mol. The number of H-pyrrole nitrogens is 1. The minimum Gasteiger partial charge on any atom is -0.280 e. The first kappa shape index (κ1) is 18.3. The van der Waals surface area contributed by atoms with Crippen LogP contribution in [0.4, 0.5) is 14.5 Å². The van der Waals surface area contributed by atoms with E-state index in [2.05, 4.69) is 14.9 Å². The van der Waals surface area contributed by atoms with Crippen molar-refractivity contribution in [3.05, 3.63) is 35.7 Å². The quantitative estimate of drug-likeness (QED) is 0.699. The Balaban J connectivity index is 2.37. The summed E-state index contributed by atoms with van der Waals surface area (Å²) in [6, 6.07) is 4.31. The van der Waals surface area contributed by atoms with Crippen LogP contribution in [0.25, 0.3) is 0 Å². The monoisotopic (exact) mass is 380 g/mol. The number of alkyl halides is 2. The SMILES string of the molecule is CNS(=O)(=O)c1ccc(S(=O)(=O)Nc2c(C(F)F)n[nH]c2C)cc1. The van der Waals surface area contributed by atoms with E-state index >= 15 is 0 Å². The Morgan fingerprint density at radius 2 is 1.54 bits per heavy atom. The molecule has 0 atom stereocenters. The zero-order chi connectivity index (χ0) is 18.1. The lowest BCUT2D eigenvalue weighted by Gasteiger charge is -2.10.